The van der Waals surface area contributed by atoms with Gasteiger partial charge in [-0.3, -0.25) is 10.1 Å². The van der Waals surface area contributed by atoms with Crippen LogP contribution in [0.4, 0.5) is 5.13 Å². The molecule has 2 aromatic carbocycles. The van der Waals surface area contributed by atoms with Crippen molar-refractivity contribution >= 4 is 22.4 Å². The number of nitrogens with zero attached hydrogens (tertiary/aromatic N) is 1. The molecule has 146 valence electrons. The molecule has 7 heteroatoms. The Morgan fingerprint density at radius 3 is 2.43 bits per heavy atom. The lowest BCUT2D eigenvalue weighted by atomic mass is 10.1. The molecule has 1 N–H and O–H groups in total. The third-order valence-electron chi connectivity index (χ3n) is 4.11. The molecule has 0 fully saturated rings. The number of thiazole rings is 1. The van der Waals surface area contributed by atoms with E-state index in [1.165, 1.54) is 18.4 Å². The Morgan fingerprint density at radius 1 is 1.07 bits per heavy atom. The van der Waals surface area contributed by atoms with Gasteiger partial charge in [-0.15, -0.1) is 11.3 Å². The second kappa shape index (κ2) is 8.75. The SMILES string of the molecule is CCOc1ccc(-c2nc(NC(=O)c3ccc(OC)cc3OC)sc2C)cc1. The second-order valence-electron chi connectivity index (χ2n) is 5.90. The van der Waals surface area contributed by atoms with E-state index < -0.39 is 0 Å². The van der Waals surface area contributed by atoms with Crippen LogP contribution in [0, 0.1) is 6.92 Å². The minimum absolute atomic E-state index is 0.286. The van der Waals surface area contributed by atoms with Crippen molar-refractivity contribution in [3.05, 3.63) is 52.9 Å². The number of carbonyl (C=O) groups is 1. The summed E-state index contributed by atoms with van der Waals surface area (Å²) in [6.07, 6.45) is 0. The van der Waals surface area contributed by atoms with Crippen LogP contribution in [0.25, 0.3) is 11.3 Å². The van der Waals surface area contributed by atoms with Crippen LogP contribution >= 0.6 is 11.3 Å². The third kappa shape index (κ3) is 4.26. The first-order valence-electron chi connectivity index (χ1n) is 8.79. The highest BCUT2D eigenvalue weighted by atomic mass is 32.1. The summed E-state index contributed by atoms with van der Waals surface area (Å²) < 4.78 is 16.0. The minimum Gasteiger partial charge on any atom is -0.497 e. The number of aryl methyl sites for hydroxylation is 1. The summed E-state index contributed by atoms with van der Waals surface area (Å²) in [5, 5.41) is 3.39. The van der Waals surface area contributed by atoms with Gasteiger partial charge in [-0.2, -0.15) is 0 Å². The Bertz CT molecular complexity index is 967. The normalized spacial score (nSPS) is 10.4. The Kier molecular flexibility index (Phi) is 6.16. The summed E-state index contributed by atoms with van der Waals surface area (Å²) in [5.41, 5.74) is 2.23. The Labute approximate surface area is 168 Å². The zero-order valence-corrected chi connectivity index (χ0v) is 17.1. The summed E-state index contributed by atoms with van der Waals surface area (Å²) in [6, 6.07) is 12.8. The van der Waals surface area contributed by atoms with Gasteiger partial charge in [-0.25, -0.2) is 4.98 Å². The average molecular weight is 398 g/mol. The van der Waals surface area contributed by atoms with Gasteiger partial charge in [0, 0.05) is 16.5 Å². The van der Waals surface area contributed by atoms with E-state index in [2.05, 4.69) is 10.3 Å². The van der Waals surface area contributed by atoms with Gasteiger partial charge in [0.1, 0.15) is 17.2 Å². The van der Waals surface area contributed by atoms with Crippen LogP contribution in [0.5, 0.6) is 17.2 Å². The molecule has 3 aromatic rings. The van der Waals surface area contributed by atoms with Crippen molar-refractivity contribution in [1.82, 2.24) is 4.98 Å². The quantitative estimate of drug-likeness (QED) is 0.620. The molecule has 3 rings (SSSR count). The Morgan fingerprint density at radius 2 is 1.79 bits per heavy atom. The molecule has 0 radical (unpaired) electrons. The lowest BCUT2D eigenvalue weighted by Gasteiger charge is -2.09. The molecule has 0 aliphatic rings. The zero-order valence-electron chi connectivity index (χ0n) is 16.2. The number of amides is 1. The molecule has 1 heterocycles. The highest BCUT2D eigenvalue weighted by Crippen LogP contribution is 2.32. The highest BCUT2D eigenvalue weighted by molar-refractivity contribution is 7.16. The van der Waals surface area contributed by atoms with Crippen LogP contribution < -0.4 is 19.5 Å². The topological polar surface area (TPSA) is 69.7 Å². The fourth-order valence-electron chi connectivity index (χ4n) is 2.74. The van der Waals surface area contributed by atoms with E-state index in [9.17, 15) is 4.79 Å². The molecular formula is C21H22N2O4S. The first-order chi connectivity index (χ1) is 13.5. The summed E-state index contributed by atoms with van der Waals surface area (Å²) in [6.45, 7) is 4.55. The van der Waals surface area contributed by atoms with Gasteiger partial charge >= 0.3 is 0 Å². The molecule has 0 unspecified atom stereocenters. The van der Waals surface area contributed by atoms with E-state index in [0.29, 0.717) is 28.8 Å². The second-order valence-corrected chi connectivity index (χ2v) is 7.10. The number of hydrogen-bond donors (Lipinski definition) is 1. The van der Waals surface area contributed by atoms with Gasteiger partial charge in [0.25, 0.3) is 5.91 Å². The number of ether oxygens (including phenoxy) is 3. The van der Waals surface area contributed by atoms with Crippen LogP contribution in [-0.4, -0.2) is 31.7 Å². The van der Waals surface area contributed by atoms with Crippen molar-refractivity contribution in [3.8, 4) is 28.5 Å². The molecular weight excluding hydrogens is 376 g/mol. The number of carbonyl (C=O) groups excluding carboxylic acids is 1. The van der Waals surface area contributed by atoms with E-state index >= 15 is 0 Å². The molecule has 6 nitrogen and oxygen atoms in total. The molecule has 0 atom stereocenters. The first kappa shape index (κ1) is 19.7. The van der Waals surface area contributed by atoms with Gasteiger partial charge in [0.05, 0.1) is 32.1 Å². The molecule has 1 aromatic heterocycles. The van der Waals surface area contributed by atoms with E-state index in [1.807, 2.05) is 38.1 Å². The lowest BCUT2D eigenvalue weighted by molar-refractivity contribution is 0.102. The summed E-state index contributed by atoms with van der Waals surface area (Å²) in [7, 11) is 3.08. The summed E-state index contributed by atoms with van der Waals surface area (Å²) >= 11 is 1.43. The number of benzene rings is 2. The maximum Gasteiger partial charge on any atom is 0.261 e. The van der Waals surface area contributed by atoms with E-state index in [0.717, 1.165) is 21.9 Å². The van der Waals surface area contributed by atoms with Gasteiger partial charge in [0.2, 0.25) is 0 Å². The van der Waals surface area contributed by atoms with Crippen molar-refractivity contribution < 1.29 is 19.0 Å². The molecule has 0 bridgehead atoms. The van der Waals surface area contributed by atoms with Gasteiger partial charge < -0.3 is 14.2 Å². The van der Waals surface area contributed by atoms with Crippen LogP contribution in [0.1, 0.15) is 22.2 Å². The number of anilines is 1. The average Bonchev–Trinajstić information content (AvgIpc) is 3.08. The fourth-order valence-corrected chi connectivity index (χ4v) is 3.57. The van der Waals surface area contributed by atoms with E-state index in [-0.39, 0.29) is 5.91 Å². The minimum atomic E-state index is -0.286. The molecule has 0 saturated carbocycles. The maximum atomic E-state index is 12.7. The predicted molar refractivity (Wildman–Crippen MR) is 111 cm³/mol. The van der Waals surface area contributed by atoms with Crippen LogP contribution in [0.15, 0.2) is 42.5 Å². The van der Waals surface area contributed by atoms with Crippen LogP contribution in [0.3, 0.4) is 0 Å². The van der Waals surface area contributed by atoms with Crippen molar-refractivity contribution in [1.29, 1.82) is 0 Å². The maximum absolute atomic E-state index is 12.7. The van der Waals surface area contributed by atoms with Crippen molar-refractivity contribution in [2.75, 3.05) is 26.1 Å². The van der Waals surface area contributed by atoms with Crippen molar-refractivity contribution in [2.24, 2.45) is 0 Å². The van der Waals surface area contributed by atoms with Gasteiger partial charge in [0.15, 0.2) is 5.13 Å². The summed E-state index contributed by atoms with van der Waals surface area (Å²) in [4.78, 5) is 18.3. The van der Waals surface area contributed by atoms with E-state index in [1.54, 1.807) is 25.3 Å². The monoisotopic (exact) mass is 398 g/mol. The smallest absolute Gasteiger partial charge is 0.261 e. The molecule has 0 saturated heterocycles. The van der Waals surface area contributed by atoms with Gasteiger partial charge in [-0.05, 0) is 50.2 Å². The molecule has 0 spiro atoms. The Balaban J connectivity index is 1.80. The molecule has 1 amide bonds. The number of methoxy groups -OCH3 is 2. The predicted octanol–water partition coefficient (Wildman–Crippen LogP) is 4.79. The first-order valence-corrected chi connectivity index (χ1v) is 9.61. The molecule has 0 aliphatic carbocycles. The number of rotatable bonds is 7. The molecule has 28 heavy (non-hydrogen) atoms. The fraction of sp³-hybridized carbons (Fsp3) is 0.238. The highest BCUT2D eigenvalue weighted by Gasteiger charge is 2.17. The van der Waals surface area contributed by atoms with E-state index in [4.69, 9.17) is 14.2 Å². The standard InChI is InChI=1S/C21H22N2O4S/c1-5-27-15-8-6-14(7-9-15)19-13(2)28-21(22-19)23-20(24)17-11-10-16(25-3)12-18(17)26-4/h6-12H,5H2,1-4H3,(H,22,23,24). The molecule has 0 aliphatic heterocycles. The third-order valence-corrected chi connectivity index (χ3v) is 5.00. The lowest BCUT2D eigenvalue weighted by Crippen LogP contribution is -2.13. The number of nitrogens with one attached hydrogen (secondary N) is 1. The van der Waals surface area contributed by atoms with Crippen molar-refractivity contribution in [2.45, 2.75) is 13.8 Å². The Hall–Kier alpha value is -3.06. The number of hydrogen-bond acceptors (Lipinski definition) is 6. The van der Waals surface area contributed by atoms with Crippen molar-refractivity contribution in [3.63, 3.8) is 0 Å². The van der Waals surface area contributed by atoms with Crippen LogP contribution in [-0.2, 0) is 0 Å². The van der Waals surface area contributed by atoms with Gasteiger partial charge in [-0.1, -0.05) is 0 Å². The zero-order chi connectivity index (χ0) is 20.1. The number of aromatic nitrogens is 1. The summed E-state index contributed by atoms with van der Waals surface area (Å²) in [5.74, 6) is 1.60. The largest absolute Gasteiger partial charge is 0.497 e. The van der Waals surface area contributed by atoms with Crippen LogP contribution in [0.2, 0.25) is 0 Å².